The molecule has 1 aliphatic rings. The van der Waals surface area contributed by atoms with E-state index in [1.807, 2.05) is 13.0 Å². The summed E-state index contributed by atoms with van der Waals surface area (Å²) in [6, 6.07) is 6.22. The molecule has 3 aromatic rings. The first-order chi connectivity index (χ1) is 15.5. The molecule has 2 aromatic heterocycles. The van der Waals surface area contributed by atoms with Crippen LogP contribution in [0.3, 0.4) is 0 Å². The summed E-state index contributed by atoms with van der Waals surface area (Å²) in [5.41, 5.74) is -0.0407. The SMILES string of the molecule is Cc1cc(Nc2nccc(C(F)(F)F)n2)cc(-c2cnc([C@]3(O)CC[C@@H](CC(=O)O)C3)s2)c1. The number of aliphatic carboxylic acids is 1. The van der Waals surface area contributed by atoms with Crippen LogP contribution in [0.5, 0.6) is 0 Å². The second-order valence-corrected chi connectivity index (χ2v) is 9.27. The Morgan fingerprint density at radius 2 is 2.09 bits per heavy atom. The van der Waals surface area contributed by atoms with Gasteiger partial charge in [0.1, 0.15) is 16.3 Å². The molecule has 0 unspecified atom stereocenters. The van der Waals surface area contributed by atoms with Gasteiger partial charge in [-0.3, -0.25) is 4.79 Å². The van der Waals surface area contributed by atoms with Crippen LogP contribution in [-0.4, -0.2) is 31.1 Å². The van der Waals surface area contributed by atoms with Gasteiger partial charge in [-0.2, -0.15) is 13.2 Å². The highest BCUT2D eigenvalue weighted by Gasteiger charge is 2.41. The van der Waals surface area contributed by atoms with Gasteiger partial charge in [0.05, 0.1) is 4.88 Å². The fourth-order valence-corrected chi connectivity index (χ4v) is 5.10. The van der Waals surface area contributed by atoms with Gasteiger partial charge in [0.15, 0.2) is 0 Å². The van der Waals surface area contributed by atoms with Crippen molar-refractivity contribution in [2.75, 3.05) is 5.32 Å². The summed E-state index contributed by atoms with van der Waals surface area (Å²) in [6.07, 6.45) is -0.449. The highest BCUT2D eigenvalue weighted by molar-refractivity contribution is 7.15. The quantitative estimate of drug-likeness (QED) is 0.451. The Bertz CT molecular complexity index is 1180. The molecule has 0 amide bonds. The third-order valence-electron chi connectivity index (χ3n) is 5.52. The molecule has 1 aliphatic carbocycles. The number of nitrogens with zero attached hydrogens (tertiary/aromatic N) is 3. The van der Waals surface area contributed by atoms with E-state index >= 15 is 0 Å². The normalized spacial score (nSPS) is 20.7. The van der Waals surface area contributed by atoms with Gasteiger partial charge < -0.3 is 15.5 Å². The van der Waals surface area contributed by atoms with Crippen LogP contribution in [-0.2, 0) is 16.6 Å². The molecule has 2 heterocycles. The predicted molar refractivity (Wildman–Crippen MR) is 116 cm³/mol. The van der Waals surface area contributed by atoms with Gasteiger partial charge in [-0.25, -0.2) is 15.0 Å². The molecule has 7 nitrogen and oxygen atoms in total. The van der Waals surface area contributed by atoms with Crippen LogP contribution in [0, 0.1) is 12.8 Å². The van der Waals surface area contributed by atoms with Crippen LogP contribution in [0.2, 0.25) is 0 Å². The molecule has 3 N–H and O–H groups in total. The van der Waals surface area contributed by atoms with E-state index in [-0.39, 0.29) is 18.3 Å². The Kier molecular flexibility index (Phi) is 6.10. The maximum atomic E-state index is 12.9. The molecule has 0 aliphatic heterocycles. The van der Waals surface area contributed by atoms with Crippen molar-refractivity contribution < 1.29 is 28.2 Å². The highest BCUT2D eigenvalue weighted by atomic mass is 32.1. The lowest BCUT2D eigenvalue weighted by molar-refractivity contribution is -0.141. The van der Waals surface area contributed by atoms with E-state index in [4.69, 9.17) is 5.11 Å². The maximum absolute atomic E-state index is 12.9. The van der Waals surface area contributed by atoms with Crippen LogP contribution >= 0.6 is 11.3 Å². The largest absolute Gasteiger partial charge is 0.481 e. The molecular formula is C22H21F3N4O3S. The lowest BCUT2D eigenvalue weighted by Gasteiger charge is -2.19. The molecule has 1 saturated carbocycles. The third kappa shape index (κ3) is 5.31. The Morgan fingerprint density at radius 3 is 2.82 bits per heavy atom. The number of carbonyl (C=O) groups is 1. The molecule has 1 fully saturated rings. The maximum Gasteiger partial charge on any atom is 0.433 e. The minimum absolute atomic E-state index is 0.0189. The van der Waals surface area contributed by atoms with Crippen LogP contribution in [0.1, 0.15) is 41.9 Å². The fraction of sp³-hybridized carbons (Fsp3) is 0.364. The number of carboxylic acids is 1. The summed E-state index contributed by atoms with van der Waals surface area (Å²) in [7, 11) is 0. The zero-order valence-electron chi connectivity index (χ0n) is 17.6. The van der Waals surface area contributed by atoms with Gasteiger partial charge in [-0.1, -0.05) is 6.07 Å². The van der Waals surface area contributed by atoms with Gasteiger partial charge in [0, 0.05) is 24.5 Å². The van der Waals surface area contributed by atoms with Gasteiger partial charge in [-0.05, 0) is 61.4 Å². The molecule has 0 saturated heterocycles. The van der Waals surface area contributed by atoms with Crippen LogP contribution in [0.25, 0.3) is 10.4 Å². The Hall–Kier alpha value is -3.05. The van der Waals surface area contributed by atoms with Crippen molar-refractivity contribution in [2.24, 2.45) is 5.92 Å². The summed E-state index contributed by atoms with van der Waals surface area (Å²) in [6.45, 7) is 1.85. The second-order valence-electron chi connectivity index (χ2n) is 8.24. The number of anilines is 2. The number of aliphatic hydroxyl groups is 1. The van der Waals surface area contributed by atoms with E-state index in [0.717, 1.165) is 28.3 Å². The summed E-state index contributed by atoms with van der Waals surface area (Å²) in [5, 5.41) is 23.4. The molecule has 0 bridgehead atoms. The lowest BCUT2D eigenvalue weighted by atomic mass is 9.99. The molecule has 33 heavy (non-hydrogen) atoms. The summed E-state index contributed by atoms with van der Waals surface area (Å²) >= 11 is 1.32. The number of rotatable bonds is 6. The zero-order valence-corrected chi connectivity index (χ0v) is 18.4. The van der Waals surface area contributed by atoms with Crippen molar-refractivity contribution >= 4 is 28.9 Å². The summed E-state index contributed by atoms with van der Waals surface area (Å²) < 4.78 is 38.8. The van der Waals surface area contributed by atoms with E-state index in [0.29, 0.717) is 30.0 Å². The van der Waals surface area contributed by atoms with E-state index in [9.17, 15) is 23.1 Å². The molecule has 0 radical (unpaired) electrons. The first-order valence-electron chi connectivity index (χ1n) is 10.2. The van der Waals surface area contributed by atoms with Crippen molar-refractivity contribution in [2.45, 2.75) is 44.4 Å². The van der Waals surface area contributed by atoms with Gasteiger partial charge in [0.25, 0.3) is 0 Å². The minimum atomic E-state index is -4.57. The van der Waals surface area contributed by atoms with E-state index < -0.39 is 23.4 Å². The second kappa shape index (κ2) is 8.71. The number of aromatic nitrogens is 3. The monoisotopic (exact) mass is 478 g/mol. The van der Waals surface area contributed by atoms with E-state index in [1.54, 1.807) is 18.3 Å². The molecule has 0 spiro atoms. The molecule has 174 valence electrons. The van der Waals surface area contributed by atoms with Crippen molar-refractivity contribution in [1.82, 2.24) is 15.0 Å². The molecule has 2 atom stereocenters. The third-order valence-corrected chi connectivity index (χ3v) is 6.76. The average Bonchev–Trinajstić information content (AvgIpc) is 3.35. The lowest BCUT2D eigenvalue weighted by Crippen LogP contribution is -2.21. The number of thiazole rings is 1. The molecular weight excluding hydrogens is 457 g/mol. The number of aryl methyl sites for hydroxylation is 1. The number of carboxylic acid groups (broad SMARTS) is 1. The fourth-order valence-electron chi connectivity index (χ4n) is 4.07. The first kappa shape index (κ1) is 23.1. The molecule has 11 heteroatoms. The van der Waals surface area contributed by atoms with Crippen molar-refractivity contribution in [3.63, 3.8) is 0 Å². The van der Waals surface area contributed by atoms with Gasteiger partial charge in [0.2, 0.25) is 5.95 Å². The molecule has 1 aromatic carbocycles. The summed E-state index contributed by atoms with van der Waals surface area (Å²) in [4.78, 5) is 23.6. The number of nitrogens with one attached hydrogen (secondary N) is 1. The van der Waals surface area contributed by atoms with Crippen LogP contribution in [0.4, 0.5) is 24.8 Å². The number of hydrogen-bond acceptors (Lipinski definition) is 7. The highest BCUT2D eigenvalue weighted by Crippen LogP contribution is 2.46. The Balaban J connectivity index is 1.56. The van der Waals surface area contributed by atoms with E-state index in [2.05, 4.69) is 20.3 Å². The predicted octanol–water partition coefficient (Wildman–Crippen LogP) is 5.13. The van der Waals surface area contributed by atoms with Crippen LogP contribution < -0.4 is 5.32 Å². The van der Waals surface area contributed by atoms with Crippen molar-refractivity contribution in [1.29, 1.82) is 0 Å². The zero-order chi connectivity index (χ0) is 23.8. The number of benzene rings is 1. The summed E-state index contributed by atoms with van der Waals surface area (Å²) in [5.74, 6) is -1.15. The number of alkyl halides is 3. The van der Waals surface area contributed by atoms with Gasteiger partial charge in [-0.15, -0.1) is 11.3 Å². The topological polar surface area (TPSA) is 108 Å². The number of hydrogen-bond donors (Lipinski definition) is 3. The number of halogens is 3. The van der Waals surface area contributed by atoms with Crippen LogP contribution in [0.15, 0.2) is 36.7 Å². The Morgan fingerprint density at radius 1 is 1.30 bits per heavy atom. The Labute approximate surface area is 191 Å². The van der Waals surface area contributed by atoms with E-state index in [1.165, 1.54) is 11.3 Å². The molecule has 4 rings (SSSR count). The van der Waals surface area contributed by atoms with Crippen molar-refractivity contribution in [3.05, 3.63) is 52.9 Å². The van der Waals surface area contributed by atoms with Gasteiger partial charge >= 0.3 is 12.1 Å². The first-order valence-corrected chi connectivity index (χ1v) is 11.0. The average molecular weight is 478 g/mol. The smallest absolute Gasteiger partial charge is 0.433 e. The van der Waals surface area contributed by atoms with Crippen molar-refractivity contribution in [3.8, 4) is 10.4 Å². The standard InChI is InChI=1S/C22H21F3N4O3S/c1-12-6-14(9-15(7-12)28-20-26-5-3-17(29-20)22(23,24)25)16-11-27-19(33-16)21(32)4-2-13(10-21)8-18(30)31/h3,5-7,9,11,13,32H,2,4,8,10H2,1H3,(H,30,31)(H,26,28,29)/t13-,21-/m0/s1. The minimum Gasteiger partial charge on any atom is -0.481 e.